The summed E-state index contributed by atoms with van der Waals surface area (Å²) in [5.41, 5.74) is 3.62. The molecule has 0 atom stereocenters. The average molecular weight is 251 g/mol. The van der Waals surface area contributed by atoms with Crippen molar-refractivity contribution in [3.63, 3.8) is 0 Å². The predicted molar refractivity (Wildman–Crippen MR) is 76.5 cm³/mol. The fourth-order valence-electron chi connectivity index (χ4n) is 1.69. The molecule has 1 heterocycles. The first-order chi connectivity index (χ1) is 8.58. The van der Waals surface area contributed by atoms with E-state index in [1.165, 1.54) is 0 Å². The van der Waals surface area contributed by atoms with Crippen molar-refractivity contribution in [2.45, 2.75) is 47.0 Å². The Kier molecular flexibility index (Phi) is 5.85. The Bertz CT molecular complexity index is 376. The first-order valence-corrected chi connectivity index (χ1v) is 6.66. The second kappa shape index (κ2) is 7.16. The van der Waals surface area contributed by atoms with Gasteiger partial charge in [0.15, 0.2) is 0 Å². The number of hydrogen-bond donors (Lipinski definition) is 3. The van der Waals surface area contributed by atoms with E-state index in [4.69, 9.17) is 5.84 Å². The Hall–Kier alpha value is -1.36. The maximum atomic E-state index is 5.49. The number of nitrogen functional groups attached to an aromatic ring is 1. The van der Waals surface area contributed by atoms with Gasteiger partial charge in [0.1, 0.15) is 17.5 Å². The minimum Gasteiger partial charge on any atom is -0.370 e. The number of anilines is 2. The van der Waals surface area contributed by atoms with Crippen LogP contribution in [0.5, 0.6) is 0 Å². The lowest BCUT2D eigenvalue weighted by Crippen LogP contribution is -2.15. The molecule has 0 aliphatic carbocycles. The highest BCUT2D eigenvalue weighted by Crippen LogP contribution is 2.19. The van der Waals surface area contributed by atoms with Crippen LogP contribution in [-0.4, -0.2) is 16.5 Å². The van der Waals surface area contributed by atoms with Crippen molar-refractivity contribution >= 4 is 11.6 Å². The van der Waals surface area contributed by atoms with Crippen molar-refractivity contribution in [3.8, 4) is 0 Å². The number of aromatic nitrogens is 2. The second-order valence-electron chi connectivity index (χ2n) is 4.97. The van der Waals surface area contributed by atoms with Crippen molar-refractivity contribution in [1.29, 1.82) is 0 Å². The minimum atomic E-state index is 0.682. The lowest BCUT2D eigenvalue weighted by Gasteiger charge is -2.14. The Morgan fingerprint density at radius 3 is 2.44 bits per heavy atom. The Morgan fingerprint density at radius 2 is 1.89 bits per heavy atom. The van der Waals surface area contributed by atoms with E-state index < -0.39 is 0 Å². The lowest BCUT2D eigenvalue weighted by molar-refractivity contribution is 0.606. The fraction of sp³-hybridized carbons (Fsp3) is 0.692. The van der Waals surface area contributed by atoms with E-state index in [0.29, 0.717) is 11.7 Å². The molecule has 0 aliphatic heterocycles. The smallest absolute Gasteiger partial charge is 0.148 e. The van der Waals surface area contributed by atoms with Gasteiger partial charge in [-0.3, -0.25) is 0 Å². The molecular formula is C13H25N5. The van der Waals surface area contributed by atoms with Crippen molar-refractivity contribution < 1.29 is 0 Å². The summed E-state index contributed by atoms with van der Waals surface area (Å²) in [7, 11) is 0. The van der Waals surface area contributed by atoms with Crippen LogP contribution in [0.1, 0.15) is 45.0 Å². The molecule has 1 aromatic heterocycles. The molecule has 5 nitrogen and oxygen atoms in total. The Balaban J connectivity index is 2.83. The third-order valence-corrected chi connectivity index (χ3v) is 2.82. The normalized spacial score (nSPS) is 10.8. The molecule has 0 saturated heterocycles. The number of hydrazine groups is 1. The molecule has 102 valence electrons. The van der Waals surface area contributed by atoms with Crippen molar-refractivity contribution in [1.82, 2.24) is 9.97 Å². The number of nitrogens with zero attached hydrogens (tertiary/aromatic N) is 2. The van der Waals surface area contributed by atoms with Gasteiger partial charge in [-0.1, -0.05) is 20.8 Å². The van der Waals surface area contributed by atoms with Gasteiger partial charge in [0.2, 0.25) is 0 Å². The van der Waals surface area contributed by atoms with Gasteiger partial charge in [-0.05, 0) is 25.7 Å². The molecule has 0 unspecified atom stereocenters. The molecule has 0 aromatic carbocycles. The third kappa shape index (κ3) is 4.14. The van der Waals surface area contributed by atoms with Gasteiger partial charge >= 0.3 is 0 Å². The number of nitrogens with one attached hydrogen (secondary N) is 2. The molecule has 0 saturated carbocycles. The second-order valence-corrected chi connectivity index (χ2v) is 4.97. The van der Waals surface area contributed by atoms with Crippen LogP contribution in [0.2, 0.25) is 0 Å². The summed E-state index contributed by atoms with van der Waals surface area (Å²) >= 11 is 0. The summed E-state index contributed by atoms with van der Waals surface area (Å²) in [5.74, 6) is 8.61. The zero-order valence-electron chi connectivity index (χ0n) is 11.9. The molecule has 5 heteroatoms. The highest BCUT2D eigenvalue weighted by Gasteiger charge is 2.09. The molecule has 0 radical (unpaired) electrons. The standard InChI is InChI=1S/C13H25N5/c1-5-6-11-16-12(15-8-7-9(2)3)10(4)13(17-11)18-14/h9H,5-8,14H2,1-4H3,(H2,15,16,17,18). The summed E-state index contributed by atoms with van der Waals surface area (Å²) in [6, 6.07) is 0. The van der Waals surface area contributed by atoms with E-state index in [0.717, 1.165) is 43.0 Å². The molecule has 0 aliphatic rings. The van der Waals surface area contributed by atoms with Gasteiger partial charge in [-0.2, -0.15) is 0 Å². The summed E-state index contributed by atoms with van der Waals surface area (Å²) in [5, 5.41) is 3.37. The summed E-state index contributed by atoms with van der Waals surface area (Å²) in [6.07, 6.45) is 3.02. The summed E-state index contributed by atoms with van der Waals surface area (Å²) < 4.78 is 0. The largest absolute Gasteiger partial charge is 0.370 e. The molecule has 18 heavy (non-hydrogen) atoms. The van der Waals surface area contributed by atoms with Gasteiger partial charge in [-0.15, -0.1) is 0 Å². The number of rotatable bonds is 7. The maximum Gasteiger partial charge on any atom is 0.148 e. The van der Waals surface area contributed by atoms with Crippen LogP contribution in [0.4, 0.5) is 11.6 Å². The minimum absolute atomic E-state index is 0.682. The Morgan fingerprint density at radius 1 is 1.22 bits per heavy atom. The zero-order valence-corrected chi connectivity index (χ0v) is 11.9. The molecule has 1 rings (SSSR count). The fourth-order valence-corrected chi connectivity index (χ4v) is 1.69. The summed E-state index contributed by atoms with van der Waals surface area (Å²) in [6.45, 7) is 9.44. The van der Waals surface area contributed by atoms with E-state index in [9.17, 15) is 0 Å². The van der Waals surface area contributed by atoms with Crippen molar-refractivity contribution in [3.05, 3.63) is 11.4 Å². The van der Waals surface area contributed by atoms with Crippen LogP contribution in [0, 0.1) is 12.8 Å². The van der Waals surface area contributed by atoms with Crippen molar-refractivity contribution in [2.75, 3.05) is 17.3 Å². The van der Waals surface area contributed by atoms with Crippen LogP contribution >= 0.6 is 0 Å². The molecule has 4 N–H and O–H groups in total. The molecule has 0 amide bonds. The molecule has 0 bridgehead atoms. The van der Waals surface area contributed by atoms with Crippen LogP contribution in [0.3, 0.4) is 0 Å². The molecule has 0 spiro atoms. The summed E-state index contributed by atoms with van der Waals surface area (Å²) in [4.78, 5) is 8.95. The number of hydrogen-bond acceptors (Lipinski definition) is 5. The van der Waals surface area contributed by atoms with Crippen LogP contribution in [0.15, 0.2) is 0 Å². The predicted octanol–water partition coefficient (Wildman–Crippen LogP) is 2.48. The first-order valence-electron chi connectivity index (χ1n) is 6.66. The average Bonchev–Trinajstić information content (AvgIpc) is 2.32. The van der Waals surface area contributed by atoms with Gasteiger partial charge in [0, 0.05) is 18.5 Å². The van der Waals surface area contributed by atoms with Gasteiger partial charge in [-0.25, -0.2) is 15.8 Å². The highest BCUT2D eigenvalue weighted by atomic mass is 15.3. The van der Waals surface area contributed by atoms with E-state index in [-0.39, 0.29) is 0 Å². The topological polar surface area (TPSA) is 75.9 Å². The molecular weight excluding hydrogens is 226 g/mol. The van der Waals surface area contributed by atoms with E-state index >= 15 is 0 Å². The quantitative estimate of drug-likeness (QED) is 0.513. The third-order valence-electron chi connectivity index (χ3n) is 2.82. The zero-order chi connectivity index (χ0) is 13.5. The number of aryl methyl sites for hydroxylation is 1. The molecule has 0 fully saturated rings. The van der Waals surface area contributed by atoms with Gasteiger partial charge in [0.05, 0.1) is 0 Å². The lowest BCUT2D eigenvalue weighted by atomic mass is 10.1. The van der Waals surface area contributed by atoms with E-state index in [1.807, 2.05) is 6.92 Å². The molecule has 1 aromatic rings. The van der Waals surface area contributed by atoms with E-state index in [2.05, 4.69) is 41.5 Å². The number of nitrogens with two attached hydrogens (primary N) is 1. The van der Waals surface area contributed by atoms with Crippen molar-refractivity contribution in [2.24, 2.45) is 11.8 Å². The highest BCUT2D eigenvalue weighted by molar-refractivity contribution is 5.56. The van der Waals surface area contributed by atoms with Gasteiger partial charge in [0.25, 0.3) is 0 Å². The maximum absolute atomic E-state index is 5.49. The monoisotopic (exact) mass is 251 g/mol. The van der Waals surface area contributed by atoms with Crippen LogP contribution < -0.4 is 16.6 Å². The van der Waals surface area contributed by atoms with Crippen LogP contribution in [0.25, 0.3) is 0 Å². The first kappa shape index (κ1) is 14.7. The van der Waals surface area contributed by atoms with Gasteiger partial charge < -0.3 is 10.7 Å². The van der Waals surface area contributed by atoms with E-state index in [1.54, 1.807) is 0 Å². The van der Waals surface area contributed by atoms with Crippen LogP contribution in [-0.2, 0) is 6.42 Å². The SMILES string of the molecule is CCCc1nc(NN)c(C)c(NCCC(C)C)n1. The Labute approximate surface area is 110 Å².